The molecular weight excluding hydrogens is 318 g/mol. The van der Waals surface area contributed by atoms with Crippen LogP contribution in [0.25, 0.3) is 0 Å². The van der Waals surface area contributed by atoms with E-state index in [0.717, 1.165) is 5.69 Å². The number of para-hydroxylation sites is 1. The van der Waals surface area contributed by atoms with Gasteiger partial charge in [-0.3, -0.25) is 14.4 Å². The van der Waals surface area contributed by atoms with E-state index in [4.69, 9.17) is 0 Å². The summed E-state index contributed by atoms with van der Waals surface area (Å²) in [7, 11) is 0. The highest BCUT2D eigenvalue weighted by atomic mass is 16.2. The number of nitrogens with zero attached hydrogens (tertiary/aromatic N) is 1. The van der Waals surface area contributed by atoms with Crippen molar-refractivity contribution in [2.75, 3.05) is 22.1 Å². The van der Waals surface area contributed by atoms with Gasteiger partial charge in [0.05, 0.1) is 0 Å². The minimum absolute atomic E-state index is 0.194. The minimum Gasteiger partial charge on any atom is -0.326 e. The zero-order valence-electron chi connectivity index (χ0n) is 14.3. The Hall–Kier alpha value is -3.15. The van der Waals surface area contributed by atoms with Crippen molar-refractivity contribution < 1.29 is 14.4 Å². The summed E-state index contributed by atoms with van der Waals surface area (Å²) in [6.07, 6.45) is -0.257. The first kappa shape index (κ1) is 18.2. The maximum Gasteiger partial charge on any atom is 0.236 e. The van der Waals surface area contributed by atoms with Gasteiger partial charge in [-0.25, -0.2) is 0 Å². The average molecular weight is 339 g/mol. The summed E-state index contributed by atoms with van der Waals surface area (Å²) in [6, 6.07) is 16.0. The Morgan fingerprint density at radius 2 is 1.56 bits per heavy atom. The zero-order chi connectivity index (χ0) is 18.2. The molecule has 2 aromatic rings. The number of carbonyl (C=O) groups excluding carboxylic acids is 3. The van der Waals surface area contributed by atoms with Crippen molar-refractivity contribution in [3.8, 4) is 0 Å². The van der Waals surface area contributed by atoms with E-state index >= 15 is 0 Å². The van der Waals surface area contributed by atoms with Crippen molar-refractivity contribution in [2.45, 2.75) is 20.3 Å². The van der Waals surface area contributed by atoms with Crippen molar-refractivity contribution >= 4 is 34.8 Å². The van der Waals surface area contributed by atoms with Crippen LogP contribution in [0.3, 0.4) is 0 Å². The molecule has 0 bridgehead atoms. The van der Waals surface area contributed by atoms with Gasteiger partial charge in [-0.15, -0.1) is 0 Å². The highest BCUT2D eigenvalue weighted by Gasteiger charge is 2.17. The van der Waals surface area contributed by atoms with Crippen molar-refractivity contribution in [2.24, 2.45) is 0 Å². The van der Waals surface area contributed by atoms with E-state index in [1.807, 2.05) is 37.3 Å². The first-order valence-electron chi connectivity index (χ1n) is 8.02. The molecule has 0 atom stereocenters. The summed E-state index contributed by atoms with van der Waals surface area (Å²) in [6.45, 7) is 3.75. The third-order valence-corrected chi connectivity index (χ3v) is 3.46. The van der Waals surface area contributed by atoms with Crippen molar-refractivity contribution in [3.63, 3.8) is 0 Å². The van der Waals surface area contributed by atoms with Gasteiger partial charge in [0.2, 0.25) is 17.7 Å². The van der Waals surface area contributed by atoms with Crippen LogP contribution in [0, 0.1) is 0 Å². The SMILES string of the molecule is CCN(C(=O)CC(=O)Nc1cccc(NC(C)=O)c1)c1ccccc1. The average Bonchev–Trinajstić information content (AvgIpc) is 2.56. The molecule has 130 valence electrons. The highest BCUT2D eigenvalue weighted by Crippen LogP contribution is 2.17. The molecule has 0 saturated carbocycles. The maximum atomic E-state index is 12.4. The fourth-order valence-corrected chi connectivity index (χ4v) is 2.43. The molecule has 2 aromatic carbocycles. The Morgan fingerprint density at radius 1 is 0.920 bits per heavy atom. The molecule has 6 heteroatoms. The number of nitrogens with one attached hydrogen (secondary N) is 2. The number of benzene rings is 2. The summed E-state index contributed by atoms with van der Waals surface area (Å²) >= 11 is 0. The predicted octanol–water partition coefficient (Wildman–Crippen LogP) is 3.03. The minimum atomic E-state index is -0.403. The van der Waals surface area contributed by atoms with Crippen LogP contribution in [-0.4, -0.2) is 24.3 Å². The number of hydrogen-bond donors (Lipinski definition) is 2. The van der Waals surface area contributed by atoms with Crippen molar-refractivity contribution in [1.82, 2.24) is 0 Å². The lowest BCUT2D eigenvalue weighted by Crippen LogP contribution is -2.33. The van der Waals surface area contributed by atoms with E-state index in [0.29, 0.717) is 17.9 Å². The number of rotatable bonds is 6. The van der Waals surface area contributed by atoms with Gasteiger partial charge in [0, 0.05) is 30.5 Å². The third-order valence-electron chi connectivity index (χ3n) is 3.46. The van der Waals surface area contributed by atoms with Gasteiger partial charge < -0.3 is 15.5 Å². The monoisotopic (exact) mass is 339 g/mol. The van der Waals surface area contributed by atoms with Crippen LogP contribution in [0.2, 0.25) is 0 Å². The molecule has 2 N–H and O–H groups in total. The molecule has 3 amide bonds. The van der Waals surface area contributed by atoms with Crippen LogP contribution in [-0.2, 0) is 14.4 Å². The van der Waals surface area contributed by atoms with E-state index in [1.165, 1.54) is 6.92 Å². The molecular formula is C19H21N3O3. The summed E-state index contributed by atoms with van der Waals surface area (Å²) < 4.78 is 0. The number of anilines is 3. The molecule has 25 heavy (non-hydrogen) atoms. The van der Waals surface area contributed by atoms with E-state index in [1.54, 1.807) is 29.2 Å². The quantitative estimate of drug-likeness (QED) is 0.794. The second-order valence-corrected chi connectivity index (χ2v) is 5.46. The Balaban J connectivity index is 1.99. The maximum absolute atomic E-state index is 12.4. The van der Waals surface area contributed by atoms with Gasteiger partial charge in [0.15, 0.2) is 0 Å². The number of hydrogen-bond acceptors (Lipinski definition) is 3. The van der Waals surface area contributed by atoms with E-state index in [2.05, 4.69) is 10.6 Å². The molecule has 6 nitrogen and oxygen atoms in total. The Kier molecular flexibility index (Phi) is 6.28. The third kappa shape index (κ3) is 5.46. The highest BCUT2D eigenvalue weighted by molar-refractivity contribution is 6.09. The van der Waals surface area contributed by atoms with Crippen LogP contribution in [0.4, 0.5) is 17.1 Å². The summed E-state index contributed by atoms with van der Waals surface area (Å²) in [5, 5.41) is 5.32. The molecule has 0 radical (unpaired) electrons. The second-order valence-electron chi connectivity index (χ2n) is 5.46. The fraction of sp³-hybridized carbons (Fsp3) is 0.211. The molecule has 0 heterocycles. The van der Waals surface area contributed by atoms with E-state index in [9.17, 15) is 14.4 Å². The molecule has 0 saturated heterocycles. The molecule has 0 aromatic heterocycles. The lowest BCUT2D eigenvalue weighted by atomic mass is 10.2. The number of amides is 3. The Bertz CT molecular complexity index is 760. The van der Waals surface area contributed by atoms with Crippen LogP contribution in [0.15, 0.2) is 54.6 Å². The van der Waals surface area contributed by atoms with Crippen LogP contribution >= 0.6 is 0 Å². The lowest BCUT2D eigenvalue weighted by Gasteiger charge is -2.20. The van der Waals surface area contributed by atoms with Gasteiger partial charge in [-0.2, -0.15) is 0 Å². The molecule has 0 unspecified atom stereocenters. The molecule has 0 aliphatic rings. The summed E-state index contributed by atoms with van der Waals surface area (Å²) in [5.41, 5.74) is 1.86. The summed E-state index contributed by atoms with van der Waals surface area (Å²) in [5.74, 6) is -0.872. The first-order valence-corrected chi connectivity index (χ1v) is 8.02. The van der Waals surface area contributed by atoms with Gasteiger partial charge in [-0.05, 0) is 37.3 Å². The normalized spacial score (nSPS) is 10.0. The summed E-state index contributed by atoms with van der Waals surface area (Å²) in [4.78, 5) is 37.2. The molecule has 0 aliphatic heterocycles. The zero-order valence-corrected chi connectivity index (χ0v) is 14.3. The van der Waals surface area contributed by atoms with Gasteiger partial charge in [0.1, 0.15) is 6.42 Å². The van der Waals surface area contributed by atoms with Crippen LogP contribution < -0.4 is 15.5 Å². The predicted molar refractivity (Wildman–Crippen MR) is 98.5 cm³/mol. The molecule has 0 aliphatic carbocycles. The lowest BCUT2D eigenvalue weighted by molar-refractivity contribution is -0.125. The number of carbonyl (C=O) groups is 3. The second kappa shape index (κ2) is 8.63. The Morgan fingerprint density at radius 3 is 2.16 bits per heavy atom. The van der Waals surface area contributed by atoms with Crippen LogP contribution in [0.1, 0.15) is 20.3 Å². The van der Waals surface area contributed by atoms with Crippen molar-refractivity contribution in [1.29, 1.82) is 0 Å². The standard InChI is InChI=1S/C19H21N3O3/c1-3-22(17-10-5-4-6-11-17)19(25)13-18(24)21-16-9-7-8-15(12-16)20-14(2)23/h4-12H,3,13H2,1-2H3,(H,20,23)(H,21,24). The Labute approximate surface area is 146 Å². The molecule has 0 spiro atoms. The van der Waals surface area contributed by atoms with Gasteiger partial charge >= 0.3 is 0 Å². The largest absolute Gasteiger partial charge is 0.326 e. The van der Waals surface area contributed by atoms with Gasteiger partial charge in [0.25, 0.3) is 0 Å². The van der Waals surface area contributed by atoms with Crippen LogP contribution in [0.5, 0.6) is 0 Å². The van der Waals surface area contributed by atoms with E-state index in [-0.39, 0.29) is 18.2 Å². The first-order chi connectivity index (χ1) is 12.0. The van der Waals surface area contributed by atoms with Crippen molar-refractivity contribution in [3.05, 3.63) is 54.6 Å². The van der Waals surface area contributed by atoms with E-state index < -0.39 is 5.91 Å². The fourth-order valence-electron chi connectivity index (χ4n) is 2.43. The molecule has 2 rings (SSSR count). The molecule has 0 fully saturated rings. The smallest absolute Gasteiger partial charge is 0.236 e. The van der Waals surface area contributed by atoms with Gasteiger partial charge in [-0.1, -0.05) is 24.3 Å². The topological polar surface area (TPSA) is 78.5 Å².